The topological polar surface area (TPSA) is 49.9 Å². The molecule has 0 spiro atoms. The van der Waals surface area contributed by atoms with Crippen molar-refractivity contribution in [3.8, 4) is 0 Å². The standard InChI is InChI=1S/C8H12N2/c1-3-5-7(6-9)8(10)4-2/h3-6,9H,1,10H2,2H3/b7-5-,8-4+,9-6?. The summed E-state index contributed by atoms with van der Waals surface area (Å²) in [4.78, 5) is 0. The van der Waals surface area contributed by atoms with Crippen LogP contribution in [0.3, 0.4) is 0 Å². The van der Waals surface area contributed by atoms with Crippen molar-refractivity contribution < 1.29 is 0 Å². The number of hydrogen-bond acceptors (Lipinski definition) is 2. The fourth-order valence-electron chi connectivity index (χ4n) is 0.521. The van der Waals surface area contributed by atoms with Gasteiger partial charge in [0.2, 0.25) is 0 Å². The molecule has 0 fully saturated rings. The number of hydrogen-bond donors (Lipinski definition) is 2. The van der Waals surface area contributed by atoms with Crippen molar-refractivity contribution >= 4 is 6.21 Å². The molecule has 0 unspecified atom stereocenters. The summed E-state index contributed by atoms with van der Waals surface area (Å²) in [7, 11) is 0. The highest BCUT2D eigenvalue weighted by atomic mass is 14.6. The van der Waals surface area contributed by atoms with E-state index in [-0.39, 0.29) is 0 Å². The molecule has 0 atom stereocenters. The summed E-state index contributed by atoms with van der Waals surface area (Å²) in [5.74, 6) is 0. The third kappa shape index (κ3) is 2.31. The Balaban J connectivity index is 4.51. The quantitative estimate of drug-likeness (QED) is 0.449. The molecule has 0 aromatic carbocycles. The molecule has 0 saturated carbocycles. The molecule has 0 aliphatic heterocycles. The van der Waals surface area contributed by atoms with Crippen LogP contribution in [0.2, 0.25) is 0 Å². The lowest BCUT2D eigenvalue weighted by Crippen LogP contribution is -2.00. The first-order valence-corrected chi connectivity index (χ1v) is 3.01. The van der Waals surface area contributed by atoms with E-state index in [0.29, 0.717) is 11.3 Å². The van der Waals surface area contributed by atoms with Crippen LogP contribution in [0, 0.1) is 5.41 Å². The molecular weight excluding hydrogens is 124 g/mol. The molecule has 0 saturated heterocycles. The van der Waals surface area contributed by atoms with Crippen LogP contribution in [0.1, 0.15) is 6.92 Å². The number of rotatable bonds is 3. The normalized spacial score (nSPS) is 12.9. The lowest BCUT2D eigenvalue weighted by molar-refractivity contribution is 1.35. The van der Waals surface area contributed by atoms with Crippen molar-refractivity contribution in [1.82, 2.24) is 0 Å². The summed E-state index contributed by atoms with van der Waals surface area (Å²) in [6.07, 6.45) is 6.26. The Morgan fingerprint density at radius 2 is 2.20 bits per heavy atom. The molecule has 0 amide bonds. The summed E-state index contributed by atoms with van der Waals surface area (Å²) in [5.41, 5.74) is 6.81. The van der Waals surface area contributed by atoms with Crippen LogP contribution in [-0.4, -0.2) is 6.21 Å². The third-order valence-corrected chi connectivity index (χ3v) is 1.10. The van der Waals surface area contributed by atoms with Gasteiger partial charge in [-0.25, -0.2) is 0 Å². The van der Waals surface area contributed by atoms with E-state index in [9.17, 15) is 0 Å². The summed E-state index contributed by atoms with van der Waals surface area (Å²) < 4.78 is 0. The van der Waals surface area contributed by atoms with E-state index in [1.54, 1.807) is 18.2 Å². The third-order valence-electron chi connectivity index (χ3n) is 1.10. The van der Waals surface area contributed by atoms with Crippen LogP contribution in [0.4, 0.5) is 0 Å². The predicted octanol–water partition coefficient (Wildman–Crippen LogP) is 1.61. The monoisotopic (exact) mass is 136 g/mol. The zero-order valence-electron chi connectivity index (χ0n) is 6.09. The van der Waals surface area contributed by atoms with Gasteiger partial charge in [-0.05, 0) is 6.92 Å². The van der Waals surface area contributed by atoms with Crippen LogP contribution in [-0.2, 0) is 0 Å². The molecule has 2 nitrogen and oxygen atoms in total. The maximum atomic E-state index is 6.94. The van der Waals surface area contributed by atoms with Gasteiger partial charge < -0.3 is 11.1 Å². The molecule has 2 heteroatoms. The van der Waals surface area contributed by atoms with Crippen molar-refractivity contribution in [2.24, 2.45) is 5.73 Å². The van der Waals surface area contributed by atoms with Crippen LogP contribution < -0.4 is 5.73 Å². The first-order valence-electron chi connectivity index (χ1n) is 3.01. The van der Waals surface area contributed by atoms with E-state index in [2.05, 4.69) is 6.58 Å². The maximum Gasteiger partial charge on any atom is 0.0359 e. The highest BCUT2D eigenvalue weighted by molar-refractivity contribution is 5.82. The van der Waals surface area contributed by atoms with E-state index in [1.165, 1.54) is 6.21 Å². The Labute approximate surface area is 61.3 Å². The second kappa shape index (κ2) is 4.56. The maximum absolute atomic E-state index is 6.94. The minimum absolute atomic E-state index is 0.606. The predicted molar refractivity (Wildman–Crippen MR) is 45.0 cm³/mol. The number of nitrogens with two attached hydrogens (primary N) is 1. The van der Waals surface area contributed by atoms with E-state index in [0.717, 1.165) is 0 Å². The van der Waals surface area contributed by atoms with Crippen molar-refractivity contribution in [3.63, 3.8) is 0 Å². The molecule has 0 aromatic rings. The van der Waals surface area contributed by atoms with Crippen molar-refractivity contribution in [2.45, 2.75) is 6.92 Å². The lowest BCUT2D eigenvalue weighted by atomic mass is 10.2. The van der Waals surface area contributed by atoms with E-state index >= 15 is 0 Å². The van der Waals surface area contributed by atoms with E-state index < -0.39 is 0 Å². The second-order valence-electron chi connectivity index (χ2n) is 1.75. The van der Waals surface area contributed by atoms with Crippen LogP contribution in [0.5, 0.6) is 0 Å². The molecule has 0 rings (SSSR count). The van der Waals surface area contributed by atoms with Gasteiger partial charge in [0.1, 0.15) is 0 Å². The Kier molecular flexibility index (Phi) is 3.96. The van der Waals surface area contributed by atoms with Gasteiger partial charge in [-0.2, -0.15) is 0 Å². The average Bonchev–Trinajstić information content (AvgIpc) is 1.99. The second-order valence-corrected chi connectivity index (χ2v) is 1.75. The molecule has 3 N–H and O–H groups in total. The van der Waals surface area contributed by atoms with Gasteiger partial charge in [0.05, 0.1) is 0 Å². The molecule has 0 bridgehead atoms. The minimum atomic E-state index is 0.606. The highest BCUT2D eigenvalue weighted by Gasteiger charge is 1.91. The Morgan fingerprint density at radius 1 is 1.60 bits per heavy atom. The molecule has 0 radical (unpaired) electrons. The van der Waals surface area contributed by atoms with Crippen molar-refractivity contribution in [3.05, 3.63) is 36.1 Å². The van der Waals surface area contributed by atoms with Gasteiger partial charge in [0.25, 0.3) is 0 Å². The van der Waals surface area contributed by atoms with Gasteiger partial charge in [0, 0.05) is 17.5 Å². The van der Waals surface area contributed by atoms with E-state index in [1.807, 2.05) is 6.92 Å². The molecule has 0 aliphatic rings. The Bertz CT molecular complexity index is 187. The first-order chi connectivity index (χ1) is 4.76. The molecule has 0 aliphatic carbocycles. The summed E-state index contributed by atoms with van der Waals surface area (Å²) in [5, 5.41) is 6.94. The van der Waals surface area contributed by atoms with Gasteiger partial charge in [-0.15, -0.1) is 0 Å². The number of allylic oxidation sites excluding steroid dienone is 4. The number of nitrogens with one attached hydrogen (secondary N) is 1. The van der Waals surface area contributed by atoms with E-state index in [4.69, 9.17) is 11.1 Å². The smallest absolute Gasteiger partial charge is 0.0359 e. The summed E-state index contributed by atoms with van der Waals surface area (Å²) in [6, 6.07) is 0. The van der Waals surface area contributed by atoms with Crippen LogP contribution >= 0.6 is 0 Å². The molecule has 10 heavy (non-hydrogen) atoms. The van der Waals surface area contributed by atoms with Crippen LogP contribution in [0.25, 0.3) is 0 Å². The minimum Gasteiger partial charge on any atom is -0.398 e. The lowest BCUT2D eigenvalue weighted by Gasteiger charge is -1.96. The largest absolute Gasteiger partial charge is 0.398 e. The summed E-state index contributed by atoms with van der Waals surface area (Å²) in [6.45, 7) is 5.33. The molecular formula is C8H12N2. The average molecular weight is 136 g/mol. The first kappa shape index (κ1) is 8.69. The summed E-state index contributed by atoms with van der Waals surface area (Å²) >= 11 is 0. The van der Waals surface area contributed by atoms with Crippen molar-refractivity contribution in [2.75, 3.05) is 0 Å². The Hall–Kier alpha value is -1.31. The zero-order chi connectivity index (χ0) is 7.98. The zero-order valence-corrected chi connectivity index (χ0v) is 6.09. The van der Waals surface area contributed by atoms with Gasteiger partial charge in [-0.3, -0.25) is 0 Å². The molecule has 0 heterocycles. The molecule has 0 aromatic heterocycles. The Morgan fingerprint density at radius 3 is 2.50 bits per heavy atom. The molecule has 54 valence electrons. The van der Waals surface area contributed by atoms with Gasteiger partial charge >= 0.3 is 0 Å². The van der Waals surface area contributed by atoms with Gasteiger partial charge in [-0.1, -0.05) is 24.8 Å². The van der Waals surface area contributed by atoms with Crippen LogP contribution in [0.15, 0.2) is 36.1 Å². The SMILES string of the molecule is C=C/C=C(C=N)\C(N)=C/C. The highest BCUT2D eigenvalue weighted by Crippen LogP contribution is 1.99. The van der Waals surface area contributed by atoms with Gasteiger partial charge in [0.15, 0.2) is 0 Å². The fourth-order valence-corrected chi connectivity index (χ4v) is 0.521. The fraction of sp³-hybridized carbons (Fsp3) is 0.125. The van der Waals surface area contributed by atoms with Crippen molar-refractivity contribution in [1.29, 1.82) is 5.41 Å².